The van der Waals surface area contributed by atoms with E-state index in [1.165, 1.54) is 37.3 Å². The maximum atomic E-state index is 4.54. The lowest BCUT2D eigenvalue weighted by Crippen LogP contribution is -2.35. The molecule has 0 spiro atoms. The number of rotatable bonds is 1. The van der Waals surface area contributed by atoms with Crippen LogP contribution in [0.4, 0.5) is 0 Å². The van der Waals surface area contributed by atoms with E-state index in [1.54, 1.807) is 0 Å². The molecule has 0 aromatic carbocycles. The van der Waals surface area contributed by atoms with Crippen molar-refractivity contribution < 1.29 is 0 Å². The quantitative estimate of drug-likeness (QED) is 0.760. The second kappa shape index (κ2) is 4.18. The van der Waals surface area contributed by atoms with E-state index in [0.717, 1.165) is 19.5 Å². The Labute approximate surface area is 96.7 Å². The Morgan fingerprint density at radius 1 is 1.50 bits per heavy atom. The minimum absolute atomic E-state index is 0.646. The molecule has 4 heteroatoms. The summed E-state index contributed by atoms with van der Waals surface area (Å²) in [6, 6.07) is 0.646. The van der Waals surface area contributed by atoms with Gasteiger partial charge in [0.2, 0.25) is 0 Å². The van der Waals surface area contributed by atoms with Crippen LogP contribution in [0.1, 0.15) is 30.3 Å². The molecule has 0 amide bonds. The van der Waals surface area contributed by atoms with Gasteiger partial charge in [0.25, 0.3) is 0 Å². The first-order valence-corrected chi connectivity index (χ1v) is 6.28. The zero-order valence-electron chi connectivity index (χ0n) is 9.95. The molecule has 2 aliphatic rings. The van der Waals surface area contributed by atoms with Crippen molar-refractivity contribution in [2.45, 2.75) is 31.8 Å². The van der Waals surface area contributed by atoms with Crippen molar-refractivity contribution in [3.8, 4) is 0 Å². The molecule has 1 fully saturated rings. The number of fused-ring (bicyclic) bond motifs is 1. The predicted molar refractivity (Wildman–Crippen MR) is 63.4 cm³/mol. The van der Waals surface area contributed by atoms with Crippen molar-refractivity contribution in [3.63, 3.8) is 0 Å². The number of nitrogens with one attached hydrogen (secondary N) is 1. The summed E-state index contributed by atoms with van der Waals surface area (Å²) in [6.45, 7) is 4.47. The van der Waals surface area contributed by atoms with Crippen LogP contribution in [0.5, 0.6) is 0 Å². The number of nitrogens with zero attached hydrogens (tertiary/aromatic N) is 3. The van der Waals surface area contributed by atoms with Gasteiger partial charge in [0.1, 0.15) is 0 Å². The molecule has 0 saturated carbocycles. The largest absolute Gasteiger partial charge is 0.330 e. The van der Waals surface area contributed by atoms with Crippen molar-refractivity contribution in [1.29, 1.82) is 0 Å². The summed E-state index contributed by atoms with van der Waals surface area (Å²) in [5.74, 6) is 0. The van der Waals surface area contributed by atoms with Crippen LogP contribution in [-0.4, -0.2) is 41.1 Å². The average molecular weight is 220 g/mol. The molecule has 1 saturated heterocycles. The summed E-state index contributed by atoms with van der Waals surface area (Å²) in [7, 11) is 2.22. The third-order valence-electron chi connectivity index (χ3n) is 3.81. The zero-order valence-corrected chi connectivity index (χ0v) is 9.95. The van der Waals surface area contributed by atoms with E-state index in [2.05, 4.69) is 33.1 Å². The van der Waals surface area contributed by atoms with Crippen LogP contribution in [0.2, 0.25) is 0 Å². The molecule has 1 atom stereocenters. The van der Waals surface area contributed by atoms with Crippen molar-refractivity contribution in [3.05, 3.63) is 17.7 Å². The first kappa shape index (κ1) is 10.3. The molecule has 1 unspecified atom stereocenters. The Kier molecular flexibility index (Phi) is 2.69. The monoisotopic (exact) mass is 220 g/mol. The number of aromatic nitrogens is 2. The fourth-order valence-electron chi connectivity index (χ4n) is 2.94. The van der Waals surface area contributed by atoms with Crippen molar-refractivity contribution in [1.82, 2.24) is 19.8 Å². The maximum Gasteiger partial charge on any atom is 0.0955 e. The van der Waals surface area contributed by atoms with Gasteiger partial charge in [0.05, 0.1) is 12.0 Å². The molecular formula is C12H20N4. The highest BCUT2D eigenvalue weighted by Crippen LogP contribution is 2.24. The van der Waals surface area contributed by atoms with Gasteiger partial charge in [-0.15, -0.1) is 0 Å². The molecular weight excluding hydrogens is 200 g/mol. The molecule has 1 N–H and O–H groups in total. The zero-order chi connectivity index (χ0) is 11.0. The lowest BCUT2D eigenvalue weighted by atomic mass is 10.0. The summed E-state index contributed by atoms with van der Waals surface area (Å²) in [5, 5.41) is 3.38. The lowest BCUT2D eigenvalue weighted by molar-refractivity contribution is 0.209. The SMILES string of the molecule is CN1CCCC(n2cnc3c2CCNC3)C1. The smallest absolute Gasteiger partial charge is 0.0955 e. The number of hydrogen-bond donors (Lipinski definition) is 1. The van der Waals surface area contributed by atoms with Gasteiger partial charge in [-0.1, -0.05) is 0 Å². The molecule has 4 nitrogen and oxygen atoms in total. The Bertz CT molecular complexity index is 371. The van der Waals surface area contributed by atoms with Gasteiger partial charge in [0, 0.05) is 37.8 Å². The van der Waals surface area contributed by atoms with Gasteiger partial charge in [-0.05, 0) is 26.4 Å². The summed E-state index contributed by atoms with van der Waals surface area (Å²) >= 11 is 0. The number of hydrogen-bond acceptors (Lipinski definition) is 3. The molecule has 0 bridgehead atoms. The molecule has 2 aliphatic heterocycles. The predicted octanol–water partition coefficient (Wildman–Crippen LogP) is 0.795. The normalized spacial score (nSPS) is 26.7. The number of imidazole rings is 1. The summed E-state index contributed by atoms with van der Waals surface area (Å²) < 4.78 is 2.44. The van der Waals surface area contributed by atoms with Crippen LogP contribution in [0.25, 0.3) is 0 Å². The van der Waals surface area contributed by atoms with Crippen LogP contribution in [0.3, 0.4) is 0 Å². The van der Waals surface area contributed by atoms with E-state index in [1.807, 2.05) is 0 Å². The molecule has 0 aliphatic carbocycles. The minimum Gasteiger partial charge on any atom is -0.330 e. The lowest BCUT2D eigenvalue weighted by Gasteiger charge is -2.32. The molecule has 1 aromatic heterocycles. The van der Waals surface area contributed by atoms with Gasteiger partial charge in [-0.25, -0.2) is 4.98 Å². The van der Waals surface area contributed by atoms with E-state index in [0.29, 0.717) is 6.04 Å². The van der Waals surface area contributed by atoms with Crippen LogP contribution in [0, 0.1) is 0 Å². The molecule has 3 rings (SSSR count). The Hall–Kier alpha value is -0.870. The summed E-state index contributed by atoms with van der Waals surface area (Å²) in [4.78, 5) is 6.97. The topological polar surface area (TPSA) is 33.1 Å². The van der Waals surface area contributed by atoms with Gasteiger partial charge in [-0.3, -0.25) is 0 Å². The maximum absolute atomic E-state index is 4.54. The Balaban J connectivity index is 1.85. The number of likely N-dealkylation sites (N-methyl/N-ethyl adjacent to an activating group) is 1. The highest BCUT2D eigenvalue weighted by atomic mass is 15.2. The highest BCUT2D eigenvalue weighted by Gasteiger charge is 2.23. The fourth-order valence-corrected chi connectivity index (χ4v) is 2.94. The van der Waals surface area contributed by atoms with Crippen LogP contribution >= 0.6 is 0 Å². The van der Waals surface area contributed by atoms with E-state index < -0.39 is 0 Å². The molecule has 0 radical (unpaired) electrons. The summed E-state index contributed by atoms with van der Waals surface area (Å²) in [6.07, 6.45) is 5.81. The van der Waals surface area contributed by atoms with Gasteiger partial charge < -0.3 is 14.8 Å². The van der Waals surface area contributed by atoms with E-state index >= 15 is 0 Å². The number of likely N-dealkylation sites (tertiary alicyclic amines) is 1. The van der Waals surface area contributed by atoms with Crippen molar-refractivity contribution in [2.75, 3.05) is 26.7 Å². The first-order valence-electron chi connectivity index (χ1n) is 6.28. The fraction of sp³-hybridized carbons (Fsp3) is 0.750. The molecule has 88 valence electrons. The van der Waals surface area contributed by atoms with E-state index in [-0.39, 0.29) is 0 Å². The molecule has 16 heavy (non-hydrogen) atoms. The third kappa shape index (κ3) is 1.76. The molecule has 1 aromatic rings. The Morgan fingerprint density at radius 3 is 3.31 bits per heavy atom. The summed E-state index contributed by atoms with van der Waals surface area (Å²) in [5.41, 5.74) is 2.73. The van der Waals surface area contributed by atoms with Crippen LogP contribution in [0.15, 0.2) is 6.33 Å². The first-order chi connectivity index (χ1) is 7.84. The van der Waals surface area contributed by atoms with Gasteiger partial charge in [0.15, 0.2) is 0 Å². The second-order valence-corrected chi connectivity index (χ2v) is 5.03. The van der Waals surface area contributed by atoms with E-state index in [4.69, 9.17) is 0 Å². The second-order valence-electron chi connectivity index (χ2n) is 5.03. The van der Waals surface area contributed by atoms with E-state index in [9.17, 15) is 0 Å². The molecule has 3 heterocycles. The van der Waals surface area contributed by atoms with Crippen LogP contribution in [-0.2, 0) is 13.0 Å². The van der Waals surface area contributed by atoms with Gasteiger partial charge in [-0.2, -0.15) is 0 Å². The highest BCUT2D eigenvalue weighted by molar-refractivity contribution is 5.17. The van der Waals surface area contributed by atoms with Crippen molar-refractivity contribution in [2.24, 2.45) is 0 Å². The Morgan fingerprint density at radius 2 is 2.44 bits per heavy atom. The standard InChI is InChI=1S/C12H20N4/c1-15-6-2-3-10(8-15)16-9-14-11-7-13-5-4-12(11)16/h9-10,13H,2-8H2,1H3. The average Bonchev–Trinajstić information content (AvgIpc) is 2.72. The van der Waals surface area contributed by atoms with Gasteiger partial charge >= 0.3 is 0 Å². The minimum atomic E-state index is 0.646. The number of piperidine rings is 1. The van der Waals surface area contributed by atoms with Crippen LogP contribution < -0.4 is 5.32 Å². The third-order valence-corrected chi connectivity index (χ3v) is 3.81. The van der Waals surface area contributed by atoms with Crippen molar-refractivity contribution >= 4 is 0 Å².